The maximum absolute atomic E-state index is 13.6. The van der Waals surface area contributed by atoms with E-state index in [1.54, 1.807) is 0 Å². The molecule has 0 aliphatic rings. The summed E-state index contributed by atoms with van der Waals surface area (Å²) < 4.78 is 28.7. The van der Waals surface area contributed by atoms with Crippen molar-refractivity contribution in [1.29, 1.82) is 0 Å². The zero-order chi connectivity index (χ0) is 15.6. The van der Waals surface area contributed by atoms with E-state index in [0.717, 1.165) is 0 Å². The zero-order valence-corrected chi connectivity index (χ0v) is 11.7. The van der Waals surface area contributed by atoms with Gasteiger partial charge in [-0.1, -0.05) is 5.16 Å². The molecule has 21 heavy (non-hydrogen) atoms. The van der Waals surface area contributed by atoms with Gasteiger partial charge in [0.2, 0.25) is 5.76 Å². The van der Waals surface area contributed by atoms with Crippen LogP contribution in [-0.2, 0) is 0 Å². The molecular formula is C14H14FNO5. The minimum absolute atomic E-state index is 0.264. The van der Waals surface area contributed by atoms with Crippen molar-refractivity contribution in [2.24, 2.45) is 0 Å². The van der Waals surface area contributed by atoms with Gasteiger partial charge in [-0.25, -0.2) is 9.18 Å². The smallest absolute Gasteiger partial charge is 0.374 e. The van der Waals surface area contributed by atoms with Crippen LogP contribution in [0, 0.1) is 0 Å². The SMILES string of the molecule is COc1cc(C(C)F)c(OC)cc1-c1cc(C(=O)O)on1. The van der Waals surface area contributed by atoms with Crippen LogP contribution < -0.4 is 9.47 Å². The molecule has 0 aliphatic carbocycles. The molecule has 1 N–H and O–H groups in total. The summed E-state index contributed by atoms with van der Waals surface area (Å²) in [5.74, 6) is -0.858. The van der Waals surface area contributed by atoms with Crippen LogP contribution in [0.15, 0.2) is 22.7 Å². The fourth-order valence-electron chi connectivity index (χ4n) is 1.94. The average molecular weight is 295 g/mol. The summed E-state index contributed by atoms with van der Waals surface area (Å²) in [6.45, 7) is 1.38. The van der Waals surface area contributed by atoms with E-state index in [1.807, 2.05) is 0 Å². The molecule has 2 aromatic rings. The highest BCUT2D eigenvalue weighted by Crippen LogP contribution is 2.39. The van der Waals surface area contributed by atoms with Gasteiger partial charge in [0.15, 0.2) is 0 Å². The van der Waals surface area contributed by atoms with Gasteiger partial charge in [0.25, 0.3) is 0 Å². The van der Waals surface area contributed by atoms with Crippen LogP contribution >= 0.6 is 0 Å². The van der Waals surface area contributed by atoms with E-state index in [-0.39, 0.29) is 11.5 Å². The number of nitrogens with zero attached hydrogens (tertiary/aromatic N) is 1. The van der Waals surface area contributed by atoms with Crippen LogP contribution in [0.2, 0.25) is 0 Å². The highest BCUT2D eigenvalue weighted by atomic mass is 19.1. The van der Waals surface area contributed by atoms with E-state index < -0.39 is 12.1 Å². The summed E-state index contributed by atoms with van der Waals surface area (Å²) in [6, 6.07) is 4.29. The molecule has 0 aliphatic heterocycles. The molecule has 0 fully saturated rings. The lowest BCUT2D eigenvalue weighted by Crippen LogP contribution is -1.97. The predicted octanol–water partition coefficient (Wildman–Crippen LogP) is 3.09. The molecule has 1 aromatic carbocycles. The Morgan fingerprint density at radius 1 is 1.29 bits per heavy atom. The Hall–Kier alpha value is -2.57. The summed E-state index contributed by atoms with van der Waals surface area (Å²) in [5, 5.41) is 12.5. The number of alkyl halides is 1. The van der Waals surface area contributed by atoms with E-state index >= 15 is 0 Å². The number of halogens is 1. The van der Waals surface area contributed by atoms with Gasteiger partial charge >= 0.3 is 5.97 Å². The second kappa shape index (κ2) is 5.82. The fraction of sp³-hybridized carbons (Fsp3) is 0.286. The number of hydrogen-bond acceptors (Lipinski definition) is 5. The predicted molar refractivity (Wildman–Crippen MR) is 71.5 cm³/mol. The second-order valence-electron chi connectivity index (χ2n) is 4.29. The number of carboxylic acid groups (broad SMARTS) is 1. The number of ether oxygens (including phenoxy) is 2. The first-order chi connectivity index (χ1) is 9.97. The van der Waals surface area contributed by atoms with Crippen LogP contribution in [0.4, 0.5) is 4.39 Å². The molecule has 0 bridgehead atoms. The third kappa shape index (κ3) is 2.81. The Morgan fingerprint density at radius 2 is 1.95 bits per heavy atom. The molecule has 0 amide bonds. The summed E-state index contributed by atoms with van der Waals surface area (Å²) in [7, 11) is 2.85. The normalized spacial score (nSPS) is 12.0. The number of hydrogen-bond donors (Lipinski definition) is 1. The lowest BCUT2D eigenvalue weighted by atomic mass is 10.0. The van der Waals surface area contributed by atoms with Crippen LogP contribution in [0.1, 0.15) is 29.2 Å². The number of carbonyl (C=O) groups is 1. The van der Waals surface area contributed by atoms with Crippen LogP contribution in [-0.4, -0.2) is 30.5 Å². The second-order valence-corrected chi connectivity index (χ2v) is 4.29. The number of aromatic carboxylic acids is 1. The summed E-state index contributed by atoms with van der Waals surface area (Å²) in [5.41, 5.74) is 1.05. The monoisotopic (exact) mass is 295 g/mol. The Kier molecular flexibility index (Phi) is 4.11. The molecule has 0 spiro atoms. The van der Waals surface area contributed by atoms with Crippen molar-refractivity contribution >= 4 is 5.97 Å². The molecule has 0 saturated heterocycles. The van der Waals surface area contributed by atoms with E-state index in [1.165, 1.54) is 39.3 Å². The van der Waals surface area contributed by atoms with Gasteiger partial charge in [-0.3, -0.25) is 0 Å². The van der Waals surface area contributed by atoms with Crippen molar-refractivity contribution in [2.45, 2.75) is 13.1 Å². The lowest BCUT2D eigenvalue weighted by molar-refractivity contribution is 0.0652. The topological polar surface area (TPSA) is 81.8 Å². The molecule has 1 aromatic heterocycles. The number of aromatic nitrogens is 1. The van der Waals surface area contributed by atoms with Crippen molar-refractivity contribution in [1.82, 2.24) is 5.16 Å². The molecule has 6 nitrogen and oxygen atoms in total. The lowest BCUT2D eigenvalue weighted by Gasteiger charge is -2.14. The van der Waals surface area contributed by atoms with Crippen molar-refractivity contribution in [2.75, 3.05) is 14.2 Å². The van der Waals surface area contributed by atoms with Gasteiger partial charge in [-0.2, -0.15) is 0 Å². The molecule has 112 valence electrons. The first kappa shape index (κ1) is 14.8. The third-order valence-electron chi connectivity index (χ3n) is 2.98. The Balaban J connectivity index is 2.58. The minimum atomic E-state index is -1.24. The molecule has 0 radical (unpaired) electrons. The molecule has 7 heteroatoms. The van der Waals surface area contributed by atoms with Crippen molar-refractivity contribution in [3.05, 3.63) is 29.5 Å². The van der Waals surface area contributed by atoms with Crippen LogP contribution in [0.25, 0.3) is 11.3 Å². The number of rotatable bonds is 5. The Bertz CT molecular complexity index is 665. The minimum Gasteiger partial charge on any atom is -0.496 e. The van der Waals surface area contributed by atoms with Gasteiger partial charge in [-0.05, 0) is 19.1 Å². The van der Waals surface area contributed by atoms with Crippen molar-refractivity contribution < 1.29 is 28.3 Å². The molecule has 1 atom stereocenters. The number of methoxy groups -OCH3 is 2. The Labute approximate surface area is 120 Å². The van der Waals surface area contributed by atoms with Gasteiger partial charge < -0.3 is 19.1 Å². The third-order valence-corrected chi connectivity index (χ3v) is 2.98. The summed E-state index contributed by atoms with van der Waals surface area (Å²) in [6.07, 6.45) is -1.24. The first-order valence-electron chi connectivity index (χ1n) is 6.08. The number of benzene rings is 1. The number of carboxylic acids is 1. The maximum Gasteiger partial charge on any atom is 0.374 e. The van der Waals surface area contributed by atoms with E-state index in [4.69, 9.17) is 19.1 Å². The standard InChI is InChI=1S/C14H14FNO5/c1-7(15)8-4-12(20-3)9(5-11(8)19-2)10-6-13(14(17)18)21-16-10/h4-7H,1-3H3,(H,17,18). The van der Waals surface area contributed by atoms with E-state index in [9.17, 15) is 9.18 Å². The molecule has 0 saturated carbocycles. The molecular weight excluding hydrogens is 281 g/mol. The zero-order valence-electron chi connectivity index (χ0n) is 11.7. The molecule has 1 unspecified atom stereocenters. The van der Waals surface area contributed by atoms with Gasteiger partial charge in [-0.15, -0.1) is 0 Å². The average Bonchev–Trinajstić information content (AvgIpc) is 2.95. The molecule has 1 heterocycles. The van der Waals surface area contributed by atoms with Gasteiger partial charge in [0.05, 0.1) is 14.2 Å². The quantitative estimate of drug-likeness (QED) is 0.912. The van der Waals surface area contributed by atoms with E-state index in [2.05, 4.69) is 5.16 Å². The Morgan fingerprint density at radius 3 is 2.43 bits per heavy atom. The van der Waals surface area contributed by atoms with Crippen molar-refractivity contribution in [3.8, 4) is 22.8 Å². The molecule has 2 rings (SSSR count). The summed E-state index contributed by atoms with van der Waals surface area (Å²) >= 11 is 0. The fourth-order valence-corrected chi connectivity index (χ4v) is 1.94. The van der Waals surface area contributed by atoms with Crippen LogP contribution in [0.5, 0.6) is 11.5 Å². The first-order valence-corrected chi connectivity index (χ1v) is 6.08. The van der Waals surface area contributed by atoms with Gasteiger partial charge in [0, 0.05) is 17.2 Å². The highest BCUT2D eigenvalue weighted by molar-refractivity contribution is 5.86. The van der Waals surface area contributed by atoms with Crippen molar-refractivity contribution in [3.63, 3.8) is 0 Å². The summed E-state index contributed by atoms with van der Waals surface area (Å²) in [4.78, 5) is 10.8. The van der Waals surface area contributed by atoms with Crippen LogP contribution in [0.3, 0.4) is 0 Å². The van der Waals surface area contributed by atoms with E-state index in [0.29, 0.717) is 22.6 Å². The maximum atomic E-state index is 13.6. The highest BCUT2D eigenvalue weighted by Gasteiger charge is 2.20. The largest absolute Gasteiger partial charge is 0.496 e. The van der Waals surface area contributed by atoms with Gasteiger partial charge in [0.1, 0.15) is 23.4 Å².